The van der Waals surface area contributed by atoms with Crippen molar-refractivity contribution in [2.45, 2.75) is 63.8 Å². The molecule has 0 aliphatic rings. The van der Waals surface area contributed by atoms with Crippen LogP contribution in [0.4, 0.5) is 0 Å². The Bertz CT molecular complexity index is 593. The third-order valence-corrected chi connectivity index (χ3v) is 6.59. The van der Waals surface area contributed by atoms with Crippen molar-refractivity contribution in [1.82, 2.24) is 0 Å². The fourth-order valence-electron chi connectivity index (χ4n) is 2.19. The third kappa shape index (κ3) is 18.0. The molecule has 162 valence electrons. The van der Waals surface area contributed by atoms with Gasteiger partial charge in [-0.15, -0.1) is 0 Å². The molecule has 29 heavy (non-hydrogen) atoms. The van der Waals surface area contributed by atoms with E-state index in [1.807, 2.05) is 43.4 Å². The van der Waals surface area contributed by atoms with Crippen molar-refractivity contribution in [2.24, 2.45) is 0 Å². The molecule has 0 fully saturated rings. The van der Waals surface area contributed by atoms with Gasteiger partial charge < -0.3 is 9.05 Å². The van der Waals surface area contributed by atoms with Crippen LogP contribution < -0.4 is 0 Å². The zero-order chi connectivity index (χ0) is 21.7. The largest absolute Gasteiger partial charge is 0.348 e. The van der Waals surface area contributed by atoms with Gasteiger partial charge in [0.25, 0.3) is 0 Å². The maximum absolute atomic E-state index is 10.8. The second kappa shape index (κ2) is 21.9. The van der Waals surface area contributed by atoms with E-state index >= 15 is 0 Å². The molecule has 9 heteroatoms. The lowest BCUT2D eigenvalue weighted by Gasteiger charge is -2.26. The van der Waals surface area contributed by atoms with Gasteiger partial charge in [0.1, 0.15) is 6.10 Å². The van der Waals surface area contributed by atoms with Crippen LogP contribution in [0.15, 0.2) is 48.6 Å². The summed E-state index contributed by atoms with van der Waals surface area (Å²) in [7, 11) is 8.00. The number of hydrogen-bond acceptors (Lipinski definition) is 3. The Kier molecular flexibility index (Phi) is 22.4. The molecule has 0 amide bonds. The molecule has 0 aliphatic carbocycles. The van der Waals surface area contributed by atoms with Gasteiger partial charge in [-0.05, 0) is 18.9 Å². The van der Waals surface area contributed by atoms with Crippen LogP contribution in [0.2, 0.25) is 0 Å². The molecule has 0 N–H and O–H groups in total. The summed E-state index contributed by atoms with van der Waals surface area (Å²) in [6.45, 7) is 4.20. The summed E-state index contributed by atoms with van der Waals surface area (Å²) >= 11 is 0. The predicted molar refractivity (Wildman–Crippen MR) is 144 cm³/mol. The molecule has 0 aliphatic heterocycles. The van der Waals surface area contributed by atoms with Gasteiger partial charge in [0.15, 0.2) is 8.46 Å². The van der Waals surface area contributed by atoms with Crippen LogP contribution in [0.3, 0.4) is 0 Å². The molecule has 0 heterocycles. The quantitative estimate of drug-likeness (QED) is 0.128. The maximum Gasteiger partial charge on any atom is 0.162 e. The van der Waals surface area contributed by atoms with Gasteiger partial charge in [0, 0.05) is 14.9 Å². The first kappa shape index (κ1) is 29.7. The number of allylic oxidation sites excluding steroid dienone is 7. The van der Waals surface area contributed by atoms with Crippen molar-refractivity contribution < 1.29 is 13.6 Å². The van der Waals surface area contributed by atoms with Crippen molar-refractivity contribution in [3.63, 3.8) is 0 Å². The van der Waals surface area contributed by atoms with Gasteiger partial charge in [0.2, 0.25) is 0 Å². The van der Waals surface area contributed by atoms with Gasteiger partial charge in [-0.3, -0.25) is 4.57 Å². The summed E-state index contributed by atoms with van der Waals surface area (Å²) in [6.07, 6.45) is 20.5. The Labute approximate surface area is 189 Å². The van der Waals surface area contributed by atoms with Crippen LogP contribution in [0, 0.1) is 11.8 Å². The van der Waals surface area contributed by atoms with E-state index in [0.717, 1.165) is 25.7 Å². The average Bonchev–Trinajstić information content (AvgIpc) is 2.71. The molecule has 0 aromatic rings. The molecule has 0 saturated carbocycles. The van der Waals surface area contributed by atoms with E-state index in [0.29, 0.717) is 14.9 Å². The highest BCUT2D eigenvalue weighted by molar-refractivity contribution is 8.41. The van der Waals surface area contributed by atoms with Crippen LogP contribution in [-0.4, -0.2) is 17.9 Å². The summed E-state index contributed by atoms with van der Waals surface area (Å²) in [6, 6.07) is 0. The first-order valence-electron chi connectivity index (χ1n) is 9.64. The van der Waals surface area contributed by atoms with Crippen molar-refractivity contribution in [1.29, 1.82) is 0 Å². The van der Waals surface area contributed by atoms with E-state index in [4.69, 9.17) is 9.05 Å². The fourth-order valence-corrected chi connectivity index (χ4v) is 4.83. The normalized spacial score (nSPS) is 16.1. The SMILES string of the molecule is CCCCC(OP(P)P)C(/C=C/C=C/C=C/CC#C/C=C/C(CC)P=O)OPP. The monoisotopic (exact) mass is 508 g/mol. The third-order valence-electron chi connectivity index (χ3n) is 3.72. The highest BCUT2D eigenvalue weighted by atomic mass is 32.4. The lowest BCUT2D eigenvalue weighted by molar-refractivity contribution is 0.102. The van der Waals surface area contributed by atoms with E-state index < -0.39 is 7.53 Å². The van der Waals surface area contributed by atoms with Gasteiger partial charge >= 0.3 is 0 Å². The molecule has 0 spiro atoms. The van der Waals surface area contributed by atoms with Gasteiger partial charge in [-0.25, -0.2) is 0 Å². The molecule has 0 aromatic carbocycles. The highest BCUT2D eigenvalue weighted by Crippen LogP contribution is 2.55. The lowest BCUT2D eigenvalue weighted by Crippen LogP contribution is -2.26. The Morgan fingerprint density at radius 1 is 1.17 bits per heavy atom. The summed E-state index contributed by atoms with van der Waals surface area (Å²) < 4.78 is 22.8. The zero-order valence-electron chi connectivity index (χ0n) is 17.2. The van der Waals surface area contributed by atoms with Crippen LogP contribution in [-0.2, 0) is 13.6 Å². The second-order valence-electron chi connectivity index (χ2n) is 6.01. The first-order valence-corrected chi connectivity index (χ1v) is 17.7. The number of unbranched alkanes of at least 4 members (excludes halogenated alkanes) is 1. The van der Waals surface area contributed by atoms with Crippen LogP contribution in [0.1, 0.15) is 46.0 Å². The second-order valence-corrected chi connectivity index (χ2v) is 13.8. The fraction of sp³-hybridized carbons (Fsp3) is 0.500. The first-order chi connectivity index (χ1) is 14.1. The minimum Gasteiger partial charge on any atom is -0.348 e. The minimum atomic E-state index is -0.586. The lowest BCUT2D eigenvalue weighted by atomic mass is 10.1. The Balaban J connectivity index is 4.56. The summed E-state index contributed by atoms with van der Waals surface area (Å²) in [4.78, 5) is 0. The molecule has 7 unspecified atom stereocenters. The molecule has 0 radical (unpaired) electrons. The van der Waals surface area contributed by atoms with Crippen molar-refractivity contribution >= 4 is 51.3 Å². The van der Waals surface area contributed by atoms with Crippen molar-refractivity contribution in [2.75, 3.05) is 0 Å². The Morgan fingerprint density at radius 3 is 2.55 bits per heavy atom. The molecule has 0 saturated heterocycles. The average molecular weight is 508 g/mol. The Morgan fingerprint density at radius 2 is 1.93 bits per heavy atom. The maximum atomic E-state index is 10.8. The topological polar surface area (TPSA) is 35.5 Å². The summed E-state index contributed by atoms with van der Waals surface area (Å²) in [5.74, 6) is 6.01. The molecular formula is C20H34O3P6. The molecule has 7 atom stereocenters. The van der Waals surface area contributed by atoms with Crippen LogP contribution >= 0.6 is 51.3 Å². The smallest absolute Gasteiger partial charge is 0.162 e. The molecular weight excluding hydrogens is 474 g/mol. The molecule has 0 rings (SSSR count). The van der Waals surface area contributed by atoms with E-state index in [-0.39, 0.29) is 26.3 Å². The van der Waals surface area contributed by atoms with E-state index in [2.05, 4.69) is 51.6 Å². The number of hydrogen-bond donors (Lipinski definition) is 0. The van der Waals surface area contributed by atoms with Gasteiger partial charge in [-0.1, -0.05) is 108 Å². The van der Waals surface area contributed by atoms with Crippen molar-refractivity contribution in [3.8, 4) is 11.8 Å². The molecule has 3 nitrogen and oxygen atoms in total. The minimum absolute atomic E-state index is 0.0461. The highest BCUT2D eigenvalue weighted by Gasteiger charge is 2.21. The van der Waals surface area contributed by atoms with Crippen LogP contribution in [0.5, 0.6) is 0 Å². The molecule has 0 bridgehead atoms. The molecule has 0 aromatic heterocycles. The summed E-state index contributed by atoms with van der Waals surface area (Å²) in [5, 5.41) is 0. The van der Waals surface area contributed by atoms with E-state index in [9.17, 15) is 4.57 Å². The van der Waals surface area contributed by atoms with E-state index in [1.165, 1.54) is 0 Å². The van der Waals surface area contributed by atoms with Crippen molar-refractivity contribution in [3.05, 3.63) is 48.6 Å². The number of rotatable bonds is 15. The Hall–Kier alpha value is 0.690. The van der Waals surface area contributed by atoms with Gasteiger partial charge in [0.05, 0.1) is 19.3 Å². The van der Waals surface area contributed by atoms with E-state index in [1.54, 1.807) is 6.08 Å². The standard InChI is InChI=1S/C20H34O3P6/c1-3-5-16-20(23-29(25)26)19(22-28-24)17-14-12-10-8-6-7-9-11-13-15-18(4-2)27-21/h6,8,10,12-15,17-20,28H,3-5,7,16,24-26H2,1-2H3/b8-6+,12-10+,15-13+,17-14+. The zero-order valence-corrected chi connectivity index (χ0v) is 23.5. The predicted octanol–water partition coefficient (Wildman–Crippen LogP) is 8.00. The van der Waals surface area contributed by atoms with Gasteiger partial charge in [-0.2, -0.15) is 0 Å². The summed E-state index contributed by atoms with van der Waals surface area (Å²) in [5.41, 5.74) is 0.0697. The van der Waals surface area contributed by atoms with Crippen LogP contribution in [0.25, 0.3) is 0 Å².